The summed E-state index contributed by atoms with van der Waals surface area (Å²) in [6.07, 6.45) is 1.21. The zero-order valence-electron chi connectivity index (χ0n) is 10.7. The van der Waals surface area contributed by atoms with Gasteiger partial charge in [-0.15, -0.1) is 0 Å². The van der Waals surface area contributed by atoms with Gasteiger partial charge in [0, 0.05) is 24.3 Å². The molecule has 0 radical (unpaired) electrons. The minimum absolute atomic E-state index is 0.0210. The van der Waals surface area contributed by atoms with Gasteiger partial charge in [-0.2, -0.15) is 0 Å². The van der Waals surface area contributed by atoms with Crippen molar-refractivity contribution in [2.75, 3.05) is 18.0 Å². The van der Waals surface area contributed by atoms with Crippen molar-refractivity contribution in [2.45, 2.75) is 31.8 Å². The van der Waals surface area contributed by atoms with E-state index in [-0.39, 0.29) is 12.5 Å². The molecule has 1 aliphatic rings. The summed E-state index contributed by atoms with van der Waals surface area (Å²) < 4.78 is 0. The Morgan fingerprint density at radius 2 is 2.17 bits per heavy atom. The second-order valence-electron chi connectivity index (χ2n) is 4.87. The lowest BCUT2D eigenvalue weighted by atomic mass is 10.1. The summed E-state index contributed by atoms with van der Waals surface area (Å²) in [5.74, 6) is -0.741. The summed E-state index contributed by atoms with van der Waals surface area (Å²) in [5, 5.41) is 12.2. The first-order valence-electron chi connectivity index (χ1n) is 6.43. The van der Waals surface area contributed by atoms with Crippen molar-refractivity contribution >= 4 is 11.7 Å². The molecule has 1 heterocycles. The fourth-order valence-electron chi connectivity index (χ4n) is 2.46. The first-order chi connectivity index (χ1) is 8.66. The van der Waals surface area contributed by atoms with Crippen molar-refractivity contribution < 1.29 is 9.90 Å². The van der Waals surface area contributed by atoms with Gasteiger partial charge in [0.15, 0.2) is 0 Å². The molecular weight excluding hydrogens is 228 g/mol. The number of carbonyl (C=O) groups is 1. The van der Waals surface area contributed by atoms with Crippen LogP contribution in [0.5, 0.6) is 0 Å². The van der Waals surface area contributed by atoms with Gasteiger partial charge in [0.2, 0.25) is 0 Å². The molecule has 0 bridgehead atoms. The Kier molecular flexibility index (Phi) is 4.20. The van der Waals surface area contributed by atoms with Gasteiger partial charge in [-0.05, 0) is 32.0 Å². The van der Waals surface area contributed by atoms with Crippen LogP contribution in [0.1, 0.15) is 19.8 Å². The molecule has 2 unspecified atom stereocenters. The van der Waals surface area contributed by atoms with Crippen LogP contribution in [0.2, 0.25) is 0 Å². The monoisotopic (exact) mass is 248 g/mol. The molecule has 1 saturated heterocycles. The molecule has 1 fully saturated rings. The van der Waals surface area contributed by atoms with Crippen LogP contribution in [-0.4, -0.2) is 36.2 Å². The molecule has 98 valence electrons. The molecule has 4 heteroatoms. The maximum atomic E-state index is 10.8. The topological polar surface area (TPSA) is 52.6 Å². The standard InChI is InChI=1S/C14H20N2O2/c1-11-7-8-15-12(9-14(17)18)10-16(11)13-5-3-2-4-6-13/h2-6,11-12,15H,7-10H2,1H3,(H,17,18). The first-order valence-corrected chi connectivity index (χ1v) is 6.43. The van der Waals surface area contributed by atoms with E-state index in [4.69, 9.17) is 5.11 Å². The van der Waals surface area contributed by atoms with Gasteiger partial charge < -0.3 is 15.3 Å². The number of hydrogen-bond acceptors (Lipinski definition) is 3. The van der Waals surface area contributed by atoms with E-state index in [1.807, 2.05) is 18.2 Å². The second kappa shape index (κ2) is 5.87. The second-order valence-corrected chi connectivity index (χ2v) is 4.87. The molecule has 0 amide bonds. The number of carboxylic acids is 1. The fourth-order valence-corrected chi connectivity index (χ4v) is 2.46. The third-order valence-corrected chi connectivity index (χ3v) is 3.45. The lowest BCUT2D eigenvalue weighted by Gasteiger charge is -2.31. The van der Waals surface area contributed by atoms with Crippen molar-refractivity contribution in [2.24, 2.45) is 0 Å². The highest BCUT2D eigenvalue weighted by atomic mass is 16.4. The van der Waals surface area contributed by atoms with E-state index in [0.717, 1.165) is 19.5 Å². The van der Waals surface area contributed by atoms with Crippen LogP contribution >= 0.6 is 0 Å². The summed E-state index contributed by atoms with van der Waals surface area (Å²) in [5.41, 5.74) is 1.17. The van der Waals surface area contributed by atoms with Gasteiger partial charge in [0.05, 0.1) is 6.42 Å². The smallest absolute Gasteiger partial charge is 0.304 e. The average Bonchev–Trinajstić information content (AvgIpc) is 2.52. The van der Waals surface area contributed by atoms with Crippen molar-refractivity contribution in [3.05, 3.63) is 30.3 Å². The van der Waals surface area contributed by atoms with E-state index in [0.29, 0.717) is 6.04 Å². The number of carboxylic acid groups (broad SMARTS) is 1. The lowest BCUT2D eigenvalue weighted by molar-refractivity contribution is -0.137. The predicted molar refractivity (Wildman–Crippen MR) is 71.9 cm³/mol. The Balaban J connectivity index is 2.13. The predicted octanol–water partition coefficient (Wildman–Crippen LogP) is 1.72. The number of rotatable bonds is 3. The number of benzene rings is 1. The van der Waals surface area contributed by atoms with Gasteiger partial charge in [-0.25, -0.2) is 0 Å². The molecule has 1 aromatic carbocycles. The van der Waals surface area contributed by atoms with Crippen LogP contribution in [0, 0.1) is 0 Å². The van der Waals surface area contributed by atoms with Crippen LogP contribution in [0.3, 0.4) is 0 Å². The quantitative estimate of drug-likeness (QED) is 0.855. The number of anilines is 1. The largest absolute Gasteiger partial charge is 0.481 e. The van der Waals surface area contributed by atoms with Crippen LogP contribution in [-0.2, 0) is 4.79 Å². The summed E-state index contributed by atoms with van der Waals surface area (Å²) in [4.78, 5) is 13.1. The number of hydrogen-bond donors (Lipinski definition) is 2. The van der Waals surface area contributed by atoms with Crippen molar-refractivity contribution in [3.8, 4) is 0 Å². The van der Waals surface area contributed by atoms with E-state index in [9.17, 15) is 4.79 Å². The van der Waals surface area contributed by atoms with E-state index in [2.05, 4.69) is 29.3 Å². The third-order valence-electron chi connectivity index (χ3n) is 3.45. The van der Waals surface area contributed by atoms with E-state index < -0.39 is 5.97 Å². The first kappa shape index (κ1) is 12.9. The molecule has 2 rings (SSSR count). The van der Waals surface area contributed by atoms with Gasteiger partial charge in [0.25, 0.3) is 0 Å². The van der Waals surface area contributed by atoms with Crippen molar-refractivity contribution in [1.82, 2.24) is 5.32 Å². The molecule has 18 heavy (non-hydrogen) atoms. The number of nitrogens with zero attached hydrogens (tertiary/aromatic N) is 1. The van der Waals surface area contributed by atoms with Gasteiger partial charge >= 0.3 is 5.97 Å². The third kappa shape index (κ3) is 3.23. The average molecular weight is 248 g/mol. The van der Waals surface area contributed by atoms with Crippen molar-refractivity contribution in [3.63, 3.8) is 0 Å². The van der Waals surface area contributed by atoms with Gasteiger partial charge in [-0.3, -0.25) is 4.79 Å². The summed E-state index contributed by atoms with van der Waals surface area (Å²) >= 11 is 0. The lowest BCUT2D eigenvalue weighted by Crippen LogP contribution is -2.41. The number of aliphatic carboxylic acids is 1. The van der Waals surface area contributed by atoms with Crippen LogP contribution < -0.4 is 10.2 Å². The number of para-hydroxylation sites is 1. The van der Waals surface area contributed by atoms with Gasteiger partial charge in [-0.1, -0.05) is 18.2 Å². The molecule has 0 saturated carbocycles. The Labute approximate surface area is 108 Å². The highest BCUT2D eigenvalue weighted by Crippen LogP contribution is 2.20. The molecule has 2 N–H and O–H groups in total. The normalized spacial score (nSPS) is 24.6. The van der Waals surface area contributed by atoms with Crippen LogP contribution in [0.4, 0.5) is 5.69 Å². The minimum atomic E-state index is -0.741. The Bertz CT molecular complexity index is 394. The van der Waals surface area contributed by atoms with Crippen LogP contribution in [0.25, 0.3) is 0 Å². The maximum absolute atomic E-state index is 10.8. The zero-order chi connectivity index (χ0) is 13.0. The van der Waals surface area contributed by atoms with Crippen molar-refractivity contribution in [1.29, 1.82) is 0 Å². The van der Waals surface area contributed by atoms with Gasteiger partial charge in [0.1, 0.15) is 0 Å². The van der Waals surface area contributed by atoms with Crippen LogP contribution in [0.15, 0.2) is 30.3 Å². The summed E-state index contributed by atoms with van der Waals surface area (Å²) in [6, 6.07) is 10.7. The number of nitrogens with one attached hydrogen (secondary N) is 1. The minimum Gasteiger partial charge on any atom is -0.481 e. The highest BCUT2D eigenvalue weighted by molar-refractivity contribution is 5.67. The molecule has 0 aromatic heterocycles. The van der Waals surface area contributed by atoms with E-state index in [1.54, 1.807) is 0 Å². The molecule has 0 aliphatic carbocycles. The fraction of sp³-hybridized carbons (Fsp3) is 0.500. The molecule has 1 aliphatic heterocycles. The Hall–Kier alpha value is -1.55. The SMILES string of the molecule is CC1CCNC(CC(=O)O)CN1c1ccccc1. The summed E-state index contributed by atoms with van der Waals surface area (Å²) in [6.45, 7) is 3.82. The molecular formula is C14H20N2O2. The van der Waals surface area contributed by atoms with E-state index in [1.165, 1.54) is 5.69 Å². The van der Waals surface area contributed by atoms with E-state index >= 15 is 0 Å². The zero-order valence-corrected chi connectivity index (χ0v) is 10.7. The molecule has 4 nitrogen and oxygen atoms in total. The highest BCUT2D eigenvalue weighted by Gasteiger charge is 2.24. The maximum Gasteiger partial charge on any atom is 0.304 e. The summed E-state index contributed by atoms with van der Waals surface area (Å²) in [7, 11) is 0. The molecule has 2 atom stereocenters. The molecule has 1 aromatic rings. The molecule has 0 spiro atoms. The Morgan fingerprint density at radius 3 is 2.83 bits per heavy atom. The Morgan fingerprint density at radius 1 is 1.44 bits per heavy atom.